The van der Waals surface area contributed by atoms with E-state index in [1.807, 2.05) is 30.3 Å². The summed E-state index contributed by atoms with van der Waals surface area (Å²) in [5.74, 6) is 0.390. The van der Waals surface area contributed by atoms with Crippen molar-refractivity contribution in [3.05, 3.63) is 30.3 Å². The number of hydrazone groups is 1. The fourth-order valence-corrected chi connectivity index (χ4v) is 3.91. The Morgan fingerprint density at radius 2 is 1.95 bits per heavy atom. The lowest BCUT2D eigenvalue weighted by Gasteiger charge is -2.31. The van der Waals surface area contributed by atoms with E-state index in [2.05, 4.69) is 36.6 Å². The Morgan fingerprint density at radius 1 is 1.27 bits per heavy atom. The summed E-state index contributed by atoms with van der Waals surface area (Å²) in [7, 11) is 0. The van der Waals surface area contributed by atoms with Gasteiger partial charge in [-0.2, -0.15) is 5.10 Å². The third-order valence-electron chi connectivity index (χ3n) is 5.60. The van der Waals surface area contributed by atoms with Crippen molar-refractivity contribution in [1.82, 2.24) is 5.43 Å². The van der Waals surface area contributed by atoms with Crippen LogP contribution in [0.1, 0.15) is 33.6 Å². The number of thiocarbonyl (C=S) groups is 1. The molecular formula is C17H21N3OS. The lowest BCUT2D eigenvalue weighted by molar-refractivity contribution is -0.123. The van der Waals surface area contributed by atoms with Crippen LogP contribution in [0.5, 0.6) is 0 Å². The molecule has 0 spiro atoms. The van der Waals surface area contributed by atoms with Gasteiger partial charge in [0.1, 0.15) is 5.71 Å². The molecule has 1 aromatic carbocycles. The van der Waals surface area contributed by atoms with Crippen molar-refractivity contribution < 1.29 is 4.79 Å². The molecule has 4 nitrogen and oxygen atoms in total. The molecular weight excluding hydrogens is 294 g/mol. The lowest BCUT2D eigenvalue weighted by Crippen LogP contribution is -2.34. The van der Waals surface area contributed by atoms with Crippen molar-refractivity contribution in [1.29, 1.82) is 0 Å². The first kappa shape index (κ1) is 15.2. The predicted molar refractivity (Wildman–Crippen MR) is 92.9 cm³/mol. The number of fused-ring (bicyclic) bond motifs is 2. The summed E-state index contributed by atoms with van der Waals surface area (Å²) in [6, 6.07) is 9.65. The summed E-state index contributed by atoms with van der Waals surface area (Å²) in [4.78, 5) is 12.6. The Labute approximate surface area is 136 Å². The minimum atomic E-state index is -0.285. The molecule has 3 rings (SSSR count). The van der Waals surface area contributed by atoms with Crippen LogP contribution in [0.3, 0.4) is 0 Å². The van der Waals surface area contributed by atoms with E-state index in [0.29, 0.717) is 10.8 Å². The van der Waals surface area contributed by atoms with E-state index >= 15 is 0 Å². The van der Waals surface area contributed by atoms with Crippen LogP contribution in [0, 0.1) is 16.7 Å². The number of anilines is 1. The zero-order chi connectivity index (χ0) is 16.0. The molecule has 2 N–H and O–H groups in total. The smallest absolute Gasteiger partial charge is 0.191 e. The second kappa shape index (κ2) is 5.16. The number of hydrogen-bond donors (Lipinski definition) is 2. The summed E-state index contributed by atoms with van der Waals surface area (Å²) in [5.41, 5.74) is 4.06. The SMILES string of the molecule is CC1(C)[C@@H]2CC[C@]1(C)C(=O)/C2=N\NC(=S)Nc1ccccc1. The highest BCUT2D eigenvalue weighted by atomic mass is 32.1. The van der Waals surface area contributed by atoms with E-state index in [9.17, 15) is 4.79 Å². The number of ketones is 1. The van der Waals surface area contributed by atoms with Crippen LogP contribution in [0.15, 0.2) is 35.4 Å². The van der Waals surface area contributed by atoms with Gasteiger partial charge in [0, 0.05) is 17.0 Å². The standard InChI is InChI=1S/C17H21N3OS/c1-16(2)12-9-10-17(16,3)14(21)13(12)19-20-15(22)18-11-7-5-4-6-8-11/h4-8,12H,9-10H2,1-3H3,(H2,18,20,22)/b19-13-/t12-,17-/m1/s1. The fraction of sp³-hybridized carbons (Fsp3) is 0.471. The zero-order valence-corrected chi connectivity index (χ0v) is 14.0. The number of para-hydroxylation sites is 1. The normalized spacial score (nSPS) is 30.6. The van der Waals surface area contributed by atoms with Crippen molar-refractivity contribution >= 4 is 34.5 Å². The van der Waals surface area contributed by atoms with Crippen molar-refractivity contribution in [3.8, 4) is 0 Å². The number of nitrogens with zero attached hydrogens (tertiary/aromatic N) is 1. The minimum Gasteiger partial charge on any atom is -0.331 e. The molecule has 0 saturated heterocycles. The Balaban J connectivity index is 1.72. The van der Waals surface area contributed by atoms with Crippen molar-refractivity contribution in [3.63, 3.8) is 0 Å². The summed E-state index contributed by atoms with van der Waals surface area (Å²) < 4.78 is 0. The van der Waals surface area contributed by atoms with Gasteiger partial charge in [0.05, 0.1) is 0 Å². The van der Waals surface area contributed by atoms with E-state index in [0.717, 1.165) is 18.5 Å². The van der Waals surface area contributed by atoms with E-state index in [1.54, 1.807) is 0 Å². The summed E-state index contributed by atoms with van der Waals surface area (Å²) in [5, 5.41) is 7.79. The molecule has 0 unspecified atom stereocenters. The molecule has 2 aliphatic rings. The Bertz CT molecular complexity index is 653. The summed E-state index contributed by atoms with van der Waals surface area (Å²) in [6.45, 7) is 6.41. The van der Waals surface area contributed by atoms with Gasteiger partial charge in [-0.15, -0.1) is 0 Å². The molecule has 0 heterocycles. The molecule has 2 aliphatic carbocycles. The Kier molecular flexibility index (Phi) is 3.56. The lowest BCUT2D eigenvalue weighted by atomic mass is 9.70. The first-order chi connectivity index (χ1) is 10.4. The van der Waals surface area contributed by atoms with Crippen LogP contribution >= 0.6 is 12.2 Å². The third-order valence-corrected chi connectivity index (χ3v) is 5.79. The first-order valence-corrected chi connectivity index (χ1v) is 8.01. The predicted octanol–water partition coefficient (Wildman–Crippen LogP) is 3.35. The van der Waals surface area contributed by atoms with Gasteiger partial charge in [0.15, 0.2) is 10.9 Å². The maximum atomic E-state index is 12.6. The first-order valence-electron chi connectivity index (χ1n) is 7.61. The molecule has 0 aliphatic heterocycles. The van der Waals surface area contributed by atoms with Gasteiger partial charge in [-0.3, -0.25) is 10.2 Å². The monoisotopic (exact) mass is 315 g/mol. The summed E-state index contributed by atoms with van der Waals surface area (Å²) in [6.07, 6.45) is 1.98. The molecule has 22 heavy (non-hydrogen) atoms. The van der Waals surface area contributed by atoms with Crippen LogP contribution in [0.4, 0.5) is 5.69 Å². The molecule has 116 valence electrons. The van der Waals surface area contributed by atoms with E-state index in [1.165, 1.54) is 0 Å². The molecule has 2 bridgehead atoms. The number of Topliss-reactive ketones (excluding diaryl/α,β-unsaturated/α-hetero) is 1. The van der Waals surface area contributed by atoms with Crippen LogP contribution in [0.2, 0.25) is 0 Å². The number of rotatable bonds is 2. The van der Waals surface area contributed by atoms with E-state index in [-0.39, 0.29) is 22.5 Å². The maximum absolute atomic E-state index is 12.6. The van der Waals surface area contributed by atoms with Crippen LogP contribution in [-0.2, 0) is 4.79 Å². The van der Waals surface area contributed by atoms with Gasteiger partial charge in [-0.05, 0) is 42.6 Å². The third kappa shape index (κ3) is 2.15. The van der Waals surface area contributed by atoms with Crippen LogP contribution in [0.25, 0.3) is 0 Å². The van der Waals surface area contributed by atoms with Crippen molar-refractivity contribution in [2.45, 2.75) is 33.6 Å². The molecule has 2 fully saturated rings. The molecule has 2 saturated carbocycles. The summed E-state index contributed by atoms with van der Waals surface area (Å²) >= 11 is 5.24. The molecule has 0 amide bonds. The highest BCUT2D eigenvalue weighted by Crippen LogP contribution is 2.62. The maximum Gasteiger partial charge on any atom is 0.191 e. The largest absolute Gasteiger partial charge is 0.331 e. The molecule has 0 aromatic heterocycles. The zero-order valence-electron chi connectivity index (χ0n) is 13.1. The number of benzene rings is 1. The van der Waals surface area contributed by atoms with Gasteiger partial charge in [-0.1, -0.05) is 39.0 Å². The van der Waals surface area contributed by atoms with Gasteiger partial charge < -0.3 is 5.32 Å². The van der Waals surface area contributed by atoms with Gasteiger partial charge in [0.25, 0.3) is 0 Å². The number of carbonyl (C=O) groups excluding carboxylic acids is 1. The molecule has 5 heteroatoms. The van der Waals surface area contributed by atoms with Crippen LogP contribution in [-0.4, -0.2) is 16.6 Å². The highest BCUT2D eigenvalue weighted by molar-refractivity contribution is 7.80. The van der Waals surface area contributed by atoms with E-state index in [4.69, 9.17) is 12.2 Å². The second-order valence-electron chi connectivity index (χ2n) is 6.90. The van der Waals surface area contributed by atoms with Gasteiger partial charge >= 0.3 is 0 Å². The molecule has 0 radical (unpaired) electrons. The average Bonchev–Trinajstić information content (AvgIpc) is 2.79. The van der Waals surface area contributed by atoms with Gasteiger partial charge in [0.2, 0.25) is 0 Å². The van der Waals surface area contributed by atoms with Crippen molar-refractivity contribution in [2.24, 2.45) is 21.8 Å². The molecule has 1 aromatic rings. The van der Waals surface area contributed by atoms with Crippen molar-refractivity contribution in [2.75, 3.05) is 5.32 Å². The second-order valence-corrected chi connectivity index (χ2v) is 7.31. The highest BCUT2D eigenvalue weighted by Gasteiger charge is 2.65. The van der Waals surface area contributed by atoms with Crippen LogP contribution < -0.4 is 10.7 Å². The topological polar surface area (TPSA) is 53.5 Å². The number of carbonyl (C=O) groups is 1. The number of nitrogens with one attached hydrogen (secondary N) is 2. The van der Waals surface area contributed by atoms with Gasteiger partial charge in [-0.25, -0.2) is 0 Å². The minimum absolute atomic E-state index is 0.0287. The molecule has 2 atom stereocenters. The number of hydrogen-bond acceptors (Lipinski definition) is 3. The van der Waals surface area contributed by atoms with E-state index < -0.39 is 0 Å². The Morgan fingerprint density at radius 3 is 2.55 bits per heavy atom. The average molecular weight is 315 g/mol. The fourth-order valence-electron chi connectivity index (χ4n) is 3.75. The quantitative estimate of drug-likeness (QED) is 0.649. The Hall–Kier alpha value is -1.75.